The van der Waals surface area contributed by atoms with Gasteiger partial charge in [0.15, 0.2) is 14.7 Å². The van der Waals surface area contributed by atoms with E-state index in [9.17, 15) is 30.4 Å². The fraction of sp³-hybridized carbons (Fsp3) is 0.455. The Balaban J connectivity index is 1.46. The van der Waals surface area contributed by atoms with Crippen LogP contribution in [0.15, 0.2) is 87.5 Å². The fourth-order valence-corrected chi connectivity index (χ4v) is 8.78. The van der Waals surface area contributed by atoms with Crippen LogP contribution in [0, 0.1) is 0 Å². The molecule has 2 aliphatic rings. The predicted octanol–water partition coefficient (Wildman–Crippen LogP) is 9.67. The molecule has 2 aliphatic carbocycles. The van der Waals surface area contributed by atoms with Crippen molar-refractivity contribution in [1.29, 1.82) is 0 Å². The molecule has 2 saturated carbocycles. The number of hydrogen-bond donors (Lipinski definition) is 1. The fourth-order valence-electron chi connectivity index (χ4n) is 6.28. The van der Waals surface area contributed by atoms with E-state index in [-0.39, 0.29) is 0 Å². The Hall–Kier alpha value is -2.63. The molecule has 1 unspecified atom stereocenters. The quantitative estimate of drug-likeness (QED) is 0.142. The molecule has 4 nitrogen and oxygen atoms in total. The van der Waals surface area contributed by atoms with E-state index in [1.54, 1.807) is 0 Å². The van der Waals surface area contributed by atoms with Crippen LogP contribution < -0.4 is 4.74 Å². The molecule has 2 fully saturated rings. The summed E-state index contributed by atoms with van der Waals surface area (Å²) >= 11 is 0. The molecule has 238 valence electrons. The van der Waals surface area contributed by atoms with Crippen LogP contribution in [0.3, 0.4) is 0 Å². The highest BCUT2D eigenvalue weighted by molar-refractivity contribution is 7.97. The summed E-state index contributed by atoms with van der Waals surface area (Å²) in [7, 11) is -7.07. The van der Waals surface area contributed by atoms with Gasteiger partial charge in [-0.1, -0.05) is 62.8 Å². The summed E-state index contributed by atoms with van der Waals surface area (Å²) in [6.45, 7) is 0. The van der Waals surface area contributed by atoms with Crippen LogP contribution in [-0.2, 0) is 21.0 Å². The van der Waals surface area contributed by atoms with Crippen molar-refractivity contribution in [2.24, 2.45) is 0 Å². The van der Waals surface area contributed by atoms with Crippen molar-refractivity contribution < 1.29 is 39.7 Å². The van der Waals surface area contributed by atoms with Crippen molar-refractivity contribution in [1.82, 2.24) is 0 Å². The zero-order valence-corrected chi connectivity index (χ0v) is 25.7. The second kappa shape index (κ2) is 13.4. The third-order valence-corrected chi connectivity index (χ3v) is 11.8. The maximum Gasteiger partial charge on any atom is 0.432 e. The number of halogens is 5. The minimum Gasteiger partial charge on any atom is -0.473 e. The normalized spacial score (nSPS) is 18.3. The molecule has 1 atom stereocenters. The van der Waals surface area contributed by atoms with Gasteiger partial charge in [0.25, 0.3) is 6.10 Å². The van der Waals surface area contributed by atoms with Crippen molar-refractivity contribution in [3.63, 3.8) is 0 Å². The summed E-state index contributed by atoms with van der Waals surface area (Å²) in [4.78, 5) is 2.71. The van der Waals surface area contributed by atoms with E-state index in [2.05, 4.69) is 53.3 Å². The first-order valence-electron chi connectivity index (χ1n) is 15.0. The zero-order valence-electron chi connectivity index (χ0n) is 24.1. The number of benzene rings is 3. The van der Waals surface area contributed by atoms with E-state index in [1.807, 2.05) is 0 Å². The molecular weight excluding hydrogens is 619 g/mol. The molecule has 0 bridgehead atoms. The van der Waals surface area contributed by atoms with Crippen molar-refractivity contribution in [2.45, 2.75) is 108 Å². The molecule has 0 aromatic heterocycles. The van der Waals surface area contributed by atoms with Crippen molar-refractivity contribution in [3.05, 3.63) is 83.9 Å². The molecule has 11 heteroatoms. The van der Waals surface area contributed by atoms with Gasteiger partial charge in [-0.2, -0.15) is 30.4 Å². The topological polar surface area (TPSA) is 63.6 Å². The number of hydrogen-bond acceptors (Lipinski definition) is 3. The zero-order chi connectivity index (χ0) is 31.5. The van der Waals surface area contributed by atoms with Crippen LogP contribution in [0.5, 0.6) is 5.75 Å². The smallest absolute Gasteiger partial charge is 0.432 e. The van der Waals surface area contributed by atoms with Gasteiger partial charge in [0, 0.05) is 0 Å². The number of rotatable bonds is 9. The lowest BCUT2D eigenvalue weighted by Crippen LogP contribution is -2.53. The van der Waals surface area contributed by atoms with Gasteiger partial charge in [-0.15, -0.1) is 0 Å². The summed E-state index contributed by atoms with van der Waals surface area (Å²) < 4.78 is 104. The van der Waals surface area contributed by atoms with Crippen LogP contribution in [-0.4, -0.2) is 30.5 Å². The van der Waals surface area contributed by atoms with Crippen LogP contribution in [0.4, 0.5) is 22.0 Å². The van der Waals surface area contributed by atoms with E-state index in [0.717, 1.165) is 52.5 Å². The standard InChI is InChI=1S/C33H35F5O4S2/c34-32(35,36)31(33(37,38)44(39,40)41)42-27-15-21-30(22-16-27)43(28-17-11-25(12-18-28)23-7-3-1-4-8-23)29-19-13-26(14-20-29)24-9-5-2-6-10-24/h11-24,31H,1-10H2/p+1. The summed E-state index contributed by atoms with van der Waals surface area (Å²) in [5.74, 6) is 0.435. The molecule has 3 aromatic rings. The molecule has 0 radical (unpaired) electrons. The van der Waals surface area contributed by atoms with Crippen molar-refractivity contribution in [3.8, 4) is 5.75 Å². The lowest BCUT2D eigenvalue weighted by Gasteiger charge is -2.27. The molecule has 5 rings (SSSR count). The van der Waals surface area contributed by atoms with E-state index in [1.165, 1.54) is 61.8 Å². The van der Waals surface area contributed by atoms with Crippen molar-refractivity contribution in [2.75, 3.05) is 0 Å². The Bertz CT molecular complexity index is 1420. The monoisotopic (exact) mass is 655 g/mol. The highest BCUT2D eigenvalue weighted by atomic mass is 32.2. The largest absolute Gasteiger partial charge is 0.473 e. The lowest BCUT2D eigenvalue weighted by molar-refractivity contribution is -0.239. The van der Waals surface area contributed by atoms with E-state index in [0.29, 0.717) is 11.8 Å². The van der Waals surface area contributed by atoms with Crippen LogP contribution in [0.25, 0.3) is 0 Å². The van der Waals surface area contributed by atoms with Crippen LogP contribution in [0.1, 0.15) is 87.2 Å². The van der Waals surface area contributed by atoms with Gasteiger partial charge in [0.1, 0.15) is 5.75 Å². The Morgan fingerprint density at radius 2 is 1.00 bits per heavy atom. The Morgan fingerprint density at radius 3 is 1.34 bits per heavy atom. The molecule has 0 amide bonds. The van der Waals surface area contributed by atoms with Gasteiger partial charge in [0.05, 0.1) is 10.9 Å². The van der Waals surface area contributed by atoms with Crippen LogP contribution >= 0.6 is 0 Å². The number of ether oxygens (including phenoxy) is 1. The molecule has 44 heavy (non-hydrogen) atoms. The molecule has 0 spiro atoms. The minimum absolute atomic E-state index is 0.522. The summed E-state index contributed by atoms with van der Waals surface area (Å²) in [6, 6.07) is 22.1. The first-order valence-corrected chi connectivity index (χ1v) is 17.6. The maximum absolute atomic E-state index is 14.1. The summed E-state index contributed by atoms with van der Waals surface area (Å²) in [5, 5.41) is -5.60. The molecule has 0 aliphatic heterocycles. The van der Waals surface area contributed by atoms with E-state index < -0.39 is 44.3 Å². The molecule has 0 heterocycles. The third kappa shape index (κ3) is 7.42. The SMILES string of the molecule is O=S(=O)(O)C(F)(F)C(Oc1ccc([S+](c2ccc(C3CCCCC3)cc2)c2ccc(C3CCCCC3)cc2)cc1)C(F)(F)F. The van der Waals surface area contributed by atoms with E-state index >= 15 is 0 Å². The van der Waals surface area contributed by atoms with Crippen molar-refractivity contribution >= 4 is 21.0 Å². The minimum atomic E-state index is -6.40. The maximum atomic E-state index is 14.1. The highest BCUT2D eigenvalue weighted by Gasteiger charge is 2.65. The van der Waals surface area contributed by atoms with Gasteiger partial charge in [-0.25, -0.2) is 0 Å². The first-order chi connectivity index (χ1) is 20.8. The number of alkyl halides is 5. The highest BCUT2D eigenvalue weighted by Crippen LogP contribution is 2.41. The summed E-state index contributed by atoms with van der Waals surface area (Å²) in [6.07, 6.45) is 2.13. The van der Waals surface area contributed by atoms with Gasteiger partial charge in [-0.05, 0) is 97.2 Å². The second-order valence-corrected chi connectivity index (χ2v) is 15.2. The Labute approximate surface area is 258 Å². The molecule has 3 aromatic carbocycles. The van der Waals surface area contributed by atoms with Gasteiger partial charge in [-0.3, -0.25) is 4.55 Å². The van der Waals surface area contributed by atoms with Gasteiger partial charge in [0.2, 0.25) is 0 Å². The molecule has 0 saturated heterocycles. The summed E-state index contributed by atoms with van der Waals surface area (Å²) in [5.41, 5.74) is 2.57. The lowest BCUT2D eigenvalue weighted by atomic mass is 9.84. The van der Waals surface area contributed by atoms with E-state index in [4.69, 9.17) is 4.55 Å². The van der Waals surface area contributed by atoms with Gasteiger partial charge < -0.3 is 4.74 Å². The first kappa shape index (κ1) is 32.8. The predicted molar refractivity (Wildman–Crippen MR) is 160 cm³/mol. The molecular formula is C33H36F5O4S2+. The average molecular weight is 656 g/mol. The van der Waals surface area contributed by atoms with Crippen LogP contribution in [0.2, 0.25) is 0 Å². The Kier molecular flexibility index (Phi) is 9.96. The third-order valence-electron chi connectivity index (χ3n) is 8.64. The Morgan fingerprint density at radius 1 is 0.636 bits per heavy atom. The second-order valence-electron chi connectivity index (χ2n) is 11.7. The van der Waals surface area contributed by atoms with Gasteiger partial charge >= 0.3 is 21.5 Å². The molecule has 1 N–H and O–H groups in total. The average Bonchev–Trinajstić information content (AvgIpc) is 3.01.